The highest BCUT2D eigenvalue weighted by atomic mass is 16.4. The summed E-state index contributed by atoms with van der Waals surface area (Å²) in [5, 5.41) is 8.99. The number of benzene rings is 1. The summed E-state index contributed by atoms with van der Waals surface area (Å²) in [4.78, 5) is 10.9. The van der Waals surface area contributed by atoms with E-state index < -0.39 is 5.97 Å². The molecule has 0 fully saturated rings. The minimum atomic E-state index is -0.651. The van der Waals surface area contributed by atoms with Crippen LogP contribution in [0, 0.1) is 5.92 Å². The molecule has 1 aliphatic carbocycles. The highest BCUT2D eigenvalue weighted by Crippen LogP contribution is 2.39. The lowest BCUT2D eigenvalue weighted by atomic mass is 9.73. The zero-order chi connectivity index (χ0) is 10.8. The molecule has 2 rings (SSSR count). The smallest absolute Gasteiger partial charge is 0.306 e. The topological polar surface area (TPSA) is 37.3 Å². The van der Waals surface area contributed by atoms with E-state index in [-0.39, 0.29) is 5.92 Å². The van der Waals surface area contributed by atoms with E-state index in [1.54, 1.807) is 0 Å². The number of hydrogen-bond donors (Lipinski definition) is 1. The van der Waals surface area contributed by atoms with Gasteiger partial charge in [0.05, 0.1) is 5.92 Å². The van der Waals surface area contributed by atoms with Crippen molar-refractivity contribution in [3.05, 3.63) is 35.4 Å². The van der Waals surface area contributed by atoms with E-state index in [0.29, 0.717) is 5.92 Å². The number of aliphatic carboxylic acids is 1. The van der Waals surface area contributed by atoms with Crippen molar-refractivity contribution >= 4 is 5.97 Å². The van der Waals surface area contributed by atoms with Gasteiger partial charge in [-0.25, -0.2) is 0 Å². The minimum Gasteiger partial charge on any atom is -0.481 e. The molecule has 0 aliphatic heterocycles. The van der Waals surface area contributed by atoms with Crippen molar-refractivity contribution in [3.8, 4) is 0 Å². The molecule has 0 heterocycles. The molecule has 0 radical (unpaired) electrons. The van der Waals surface area contributed by atoms with Crippen molar-refractivity contribution < 1.29 is 9.90 Å². The normalized spacial score (nSPS) is 20.2. The van der Waals surface area contributed by atoms with Gasteiger partial charge in [0.1, 0.15) is 0 Å². The molecular formula is C13H16O2. The van der Waals surface area contributed by atoms with Crippen LogP contribution in [0.5, 0.6) is 0 Å². The number of carboxylic acids is 1. The van der Waals surface area contributed by atoms with Crippen LogP contribution in [-0.4, -0.2) is 11.1 Å². The fourth-order valence-corrected chi connectivity index (χ4v) is 2.36. The van der Waals surface area contributed by atoms with Crippen LogP contribution in [0.4, 0.5) is 0 Å². The number of carboxylic acid groups (broad SMARTS) is 1. The first kappa shape index (κ1) is 10.2. The first-order valence-corrected chi connectivity index (χ1v) is 5.53. The minimum absolute atomic E-state index is 0.177. The summed E-state index contributed by atoms with van der Waals surface area (Å²) in [5.74, 6) is -0.354. The van der Waals surface area contributed by atoms with Crippen LogP contribution in [0.1, 0.15) is 36.8 Å². The van der Waals surface area contributed by atoms with Crippen molar-refractivity contribution in [2.24, 2.45) is 5.92 Å². The van der Waals surface area contributed by atoms with Crippen molar-refractivity contribution in [2.45, 2.75) is 32.1 Å². The molecule has 1 N–H and O–H groups in total. The molecule has 0 bridgehead atoms. The van der Waals surface area contributed by atoms with Crippen molar-refractivity contribution in [2.75, 3.05) is 0 Å². The van der Waals surface area contributed by atoms with Crippen LogP contribution in [0.15, 0.2) is 24.3 Å². The zero-order valence-corrected chi connectivity index (χ0v) is 8.94. The van der Waals surface area contributed by atoms with Gasteiger partial charge in [0, 0.05) is 0 Å². The summed E-state index contributed by atoms with van der Waals surface area (Å²) in [7, 11) is 0. The van der Waals surface area contributed by atoms with Gasteiger partial charge >= 0.3 is 5.97 Å². The molecule has 0 amide bonds. The molecule has 2 nitrogen and oxygen atoms in total. The Balaban J connectivity index is 2.02. The molecule has 1 aromatic rings. The highest BCUT2D eigenvalue weighted by Gasteiger charge is 2.29. The second-order valence-corrected chi connectivity index (χ2v) is 4.28. The highest BCUT2D eigenvalue weighted by molar-refractivity contribution is 5.70. The Morgan fingerprint density at radius 1 is 1.53 bits per heavy atom. The van der Waals surface area contributed by atoms with E-state index in [2.05, 4.69) is 12.1 Å². The molecule has 80 valence electrons. The Kier molecular flexibility index (Phi) is 2.76. The van der Waals surface area contributed by atoms with Gasteiger partial charge in [-0.3, -0.25) is 4.79 Å². The summed E-state index contributed by atoms with van der Waals surface area (Å²) >= 11 is 0. The Morgan fingerprint density at radius 2 is 2.27 bits per heavy atom. The van der Waals surface area contributed by atoms with E-state index in [0.717, 1.165) is 19.3 Å². The summed E-state index contributed by atoms with van der Waals surface area (Å²) in [6, 6.07) is 8.34. The van der Waals surface area contributed by atoms with E-state index >= 15 is 0 Å². The first-order chi connectivity index (χ1) is 7.22. The molecule has 0 saturated carbocycles. The van der Waals surface area contributed by atoms with E-state index in [4.69, 9.17) is 5.11 Å². The lowest BCUT2D eigenvalue weighted by Gasteiger charge is -2.31. The fourth-order valence-electron chi connectivity index (χ4n) is 2.36. The van der Waals surface area contributed by atoms with Crippen LogP contribution >= 0.6 is 0 Å². The van der Waals surface area contributed by atoms with Gasteiger partial charge in [-0.15, -0.1) is 0 Å². The predicted octanol–water partition coefficient (Wildman–Crippen LogP) is 2.83. The average molecular weight is 204 g/mol. The maximum atomic E-state index is 10.9. The number of rotatable bonds is 4. The SMILES string of the molecule is CCC(CC1Cc2ccccc21)C(=O)O. The molecule has 0 aromatic heterocycles. The molecular weight excluding hydrogens is 188 g/mol. The molecule has 15 heavy (non-hydrogen) atoms. The summed E-state index contributed by atoms with van der Waals surface area (Å²) < 4.78 is 0. The maximum absolute atomic E-state index is 10.9. The van der Waals surface area contributed by atoms with Gasteiger partial charge in [-0.2, -0.15) is 0 Å². The summed E-state index contributed by atoms with van der Waals surface area (Å²) in [6.45, 7) is 1.95. The lowest BCUT2D eigenvalue weighted by Crippen LogP contribution is -2.23. The number of carbonyl (C=O) groups is 1. The lowest BCUT2D eigenvalue weighted by molar-refractivity contribution is -0.142. The Hall–Kier alpha value is -1.31. The van der Waals surface area contributed by atoms with Crippen LogP contribution in [-0.2, 0) is 11.2 Å². The molecule has 2 atom stereocenters. The van der Waals surface area contributed by atoms with E-state index in [9.17, 15) is 4.79 Å². The van der Waals surface area contributed by atoms with Gasteiger partial charge in [0.2, 0.25) is 0 Å². The fraction of sp³-hybridized carbons (Fsp3) is 0.462. The van der Waals surface area contributed by atoms with Crippen molar-refractivity contribution in [1.29, 1.82) is 0 Å². The second kappa shape index (κ2) is 4.05. The molecule has 2 unspecified atom stereocenters. The monoisotopic (exact) mass is 204 g/mol. The van der Waals surface area contributed by atoms with Gasteiger partial charge in [-0.1, -0.05) is 31.2 Å². The maximum Gasteiger partial charge on any atom is 0.306 e. The molecule has 0 spiro atoms. The van der Waals surface area contributed by atoms with Gasteiger partial charge in [0.25, 0.3) is 0 Å². The Bertz CT molecular complexity index is 371. The average Bonchev–Trinajstić information content (AvgIpc) is 2.19. The predicted molar refractivity (Wildman–Crippen MR) is 58.9 cm³/mol. The molecule has 1 aromatic carbocycles. The second-order valence-electron chi connectivity index (χ2n) is 4.28. The number of fused-ring (bicyclic) bond motifs is 1. The van der Waals surface area contributed by atoms with Gasteiger partial charge in [0.15, 0.2) is 0 Å². The number of hydrogen-bond acceptors (Lipinski definition) is 1. The summed E-state index contributed by atoms with van der Waals surface area (Å²) in [6.07, 6.45) is 2.58. The van der Waals surface area contributed by atoms with E-state index in [1.165, 1.54) is 11.1 Å². The van der Waals surface area contributed by atoms with Crippen LogP contribution < -0.4 is 0 Å². The summed E-state index contributed by atoms with van der Waals surface area (Å²) in [5.41, 5.74) is 2.75. The molecule has 0 saturated heterocycles. The molecule has 2 heteroatoms. The third-order valence-electron chi connectivity index (χ3n) is 3.37. The Labute approximate surface area is 89.9 Å². The molecule has 1 aliphatic rings. The Morgan fingerprint density at radius 3 is 2.87 bits per heavy atom. The first-order valence-electron chi connectivity index (χ1n) is 5.53. The van der Waals surface area contributed by atoms with Crippen molar-refractivity contribution in [3.63, 3.8) is 0 Å². The standard InChI is InChI=1S/C13H16O2/c1-2-9(13(14)15)7-11-8-10-5-3-4-6-12(10)11/h3-6,9,11H,2,7-8H2,1H3,(H,14,15). The third-order valence-corrected chi connectivity index (χ3v) is 3.37. The zero-order valence-electron chi connectivity index (χ0n) is 8.94. The van der Waals surface area contributed by atoms with Crippen LogP contribution in [0.25, 0.3) is 0 Å². The van der Waals surface area contributed by atoms with Crippen LogP contribution in [0.2, 0.25) is 0 Å². The van der Waals surface area contributed by atoms with E-state index in [1.807, 2.05) is 19.1 Å². The largest absolute Gasteiger partial charge is 0.481 e. The van der Waals surface area contributed by atoms with Gasteiger partial charge < -0.3 is 5.11 Å². The van der Waals surface area contributed by atoms with Crippen LogP contribution in [0.3, 0.4) is 0 Å². The third kappa shape index (κ3) is 1.89. The quantitative estimate of drug-likeness (QED) is 0.818. The van der Waals surface area contributed by atoms with Gasteiger partial charge in [-0.05, 0) is 36.3 Å². The van der Waals surface area contributed by atoms with Crippen molar-refractivity contribution in [1.82, 2.24) is 0 Å².